The Morgan fingerprint density at radius 1 is 0.400 bits per heavy atom. The maximum absolute atomic E-state index is 5.76. The Morgan fingerprint density at radius 3 is 1.26 bits per heavy atom. The molecular weight excluding hydrogens is 649 g/mol. The molecule has 0 fully saturated rings. The van der Waals surface area contributed by atoms with Crippen LogP contribution in [0.3, 0.4) is 0 Å². The van der Waals surface area contributed by atoms with E-state index in [1.165, 1.54) is 109 Å². The summed E-state index contributed by atoms with van der Waals surface area (Å²) in [6.45, 7) is 7.99. The fourth-order valence-electron chi connectivity index (χ4n) is 7.42. The Kier molecular flexibility index (Phi) is 10.3. The van der Waals surface area contributed by atoms with E-state index in [1.807, 2.05) is 22.7 Å². The smallest absolute Gasteiger partial charge is 0.0542 e. The van der Waals surface area contributed by atoms with E-state index in [1.54, 1.807) is 0 Å². The summed E-state index contributed by atoms with van der Waals surface area (Å²) in [7, 11) is 0. The van der Waals surface area contributed by atoms with E-state index in [4.69, 9.17) is 9.47 Å². The molecule has 0 aliphatic rings. The van der Waals surface area contributed by atoms with Crippen molar-refractivity contribution in [2.75, 3.05) is 26.4 Å². The molecule has 2 heterocycles. The molecule has 0 bridgehead atoms. The lowest BCUT2D eigenvalue weighted by Crippen LogP contribution is -1.97. The van der Waals surface area contributed by atoms with Gasteiger partial charge in [-0.25, -0.2) is 0 Å². The van der Waals surface area contributed by atoms with Crippen LogP contribution in [0.2, 0.25) is 0 Å². The van der Waals surface area contributed by atoms with Crippen LogP contribution < -0.4 is 0 Å². The van der Waals surface area contributed by atoms with Crippen LogP contribution in [0.15, 0.2) is 84.9 Å². The van der Waals surface area contributed by atoms with Crippen LogP contribution in [-0.2, 0) is 22.3 Å². The van der Waals surface area contributed by atoms with Gasteiger partial charge in [0.1, 0.15) is 0 Å². The zero-order valence-corrected chi connectivity index (χ0v) is 31.2. The van der Waals surface area contributed by atoms with Crippen molar-refractivity contribution in [1.82, 2.24) is 0 Å². The van der Waals surface area contributed by atoms with Crippen LogP contribution in [0.1, 0.15) is 76.3 Å². The summed E-state index contributed by atoms with van der Waals surface area (Å²) in [4.78, 5) is 0. The Hall–Kier alpha value is -3.54. The average molecular weight is 697 g/mol. The van der Waals surface area contributed by atoms with Crippen LogP contribution in [-0.4, -0.2) is 26.4 Å². The van der Waals surface area contributed by atoms with E-state index in [2.05, 4.69) is 98.8 Å². The van der Waals surface area contributed by atoms with Crippen molar-refractivity contribution in [2.24, 2.45) is 0 Å². The summed E-state index contributed by atoms with van der Waals surface area (Å²) in [5.74, 6) is 0. The van der Waals surface area contributed by atoms with Gasteiger partial charge in [-0.3, -0.25) is 0 Å². The molecule has 6 aromatic carbocycles. The van der Waals surface area contributed by atoms with E-state index in [0.717, 1.165) is 65.0 Å². The molecular formula is C46H48O2S2. The third-order valence-electron chi connectivity index (χ3n) is 10.3. The first-order valence-electron chi connectivity index (χ1n) is 18.9. The molecule has 2 nitrogen and oxygen atoms in total. The summed E-state index contributed by atoms with van der Waals surface area (Å²) < 4.78 is 17.2. The zero-order chi connectivity index (χ0) is 33.9. The average Bonchev–Trinajstić information content (AvgIpc) is 3.65. The molecule has 0 aliphatic heterocycles. The van der Waals surface area contributed by atoms with Crippen molar-refractivity contribution >= 4 is 95.3 Å². The second-order valence-electron chi connectivity index (χ2n) is 14.2. The van der Waals surface area contributed by atoms with Crippen molar-refractivity contribution in [3.63, 3.8) is 0 Å². The van der Waals surface area contributed by atoms with Gasteiger partial charge in [0, 0.05) is 46.6 Å². The zero-order valence-electron chi connectivity index (χ0n) is 29.6. The van der Waals surface area contributed by atoms with Gasteiger partial charge in [0.05, 0.1) is 9.40 Å². The van der Waals surface area contributed by atoms with Crippen molar-refractivity contribution in [2.45, 2.75) is 78.1 Å². The molecule has 0 aliphatic carbocycles. The first kappa shape index (κ1) is 33.6. The molecule has 0 radical (unpaired) electrons. The van der Waals surface area contributed by atoms with Crippen LogP contribution in [0.25, 0.3) is 72.7 Å². The fourth-order valence-corrected chi connectivity index (χ4v) is 10.1. The van der Waals surface area contributed by atoms with Gasteiger partial charge in [-0.15, -0.1) is 22.7 Å². The molecule has 0 N–H and O–H groups in total. The minimum absolute atomic E-state index is 0.881. The van der Waals surface area contributed by atoms with Crippen LogP contribution in [0, 0.1) is 0 Å². The second-order valence-corrected chi connectivity index (χ2v) is 16.3. The first-order chi connectivity index (χ1) is 24.7. The SMILES string of the molecule is CCCCOCCCCc1ccc2cc3cc4c(cc3cc2c1)sc1c2cc3cc5ccc(CCCCOCCCC)cc5cc3cc2sc41. The number of thiophene rings is 2. The van der Waals surface area contributed by atoms with Crippen molar-refractivity contribution in [1.29, 1.82) is 0 Å². The van der Waals surface area contributed by atoms with E-state index in [0.29, 0.717) is 0 Å². The first-order valence-corrected chi connectivity index (χ1v) is 20.6. The minimum Gasteiger partial charge on any atom is -0.381 e. The summed E-state index contributed by atoms with van der Waals surface area (Å²) in [5.41, 5.74) is 2.85. The van der Waals surface area contributed by atoms with Gasteiger partial charge in [0.15, 0.2) is 0 Å². The van der Waals surface area contributed by atoms with E-state index in [9.17, 15) is 0 Å². The van der Waals surface area contributed by atoms with Crippen molar-refractivity contribution in [3.8, 4) is 0 Å². The topological polar surface area (TPSA) is 18.5 Å². The van der Waals surface area contributed by atoms with Gasteiger partial charge in [-0.1, -0.05) is 63.1 Å². The van der Waals surface area contributed by atoms with Crippen molar-refractivity contribution < 1.29 is 9.47 Å². The van der Waals surface area contributed by atoms with Crippen molar-refractivity contribution in [3.05, 3.63) is 96.1 Å². The molecule has 50 heavy (non-hydrogen) atoms. The monoisotopic (exact) mass is 696 g/mol. The van der Waals surface area contributed by atoms with Crippen LogP contribution in [0.4, 0.5) is 0 Å². The highest BCUT2D eigenvalue weighted by molar-refractivity contribution is 7.36. The van der Waals surface area contributed by atoms with Gasteiger partial charge in [0.2, 0.25) is 0 Å². The molecule has 0 saturated heterocycles. The van der Waals surface area contributed by atoms with Gasteiger partial charge < -0.3 is 9.47 Å². The molecule has 256 valence electrons. The summed E-state index contributed by atoms with van der Waals surface area (Å²) in [6, 6.07) is 33.4. The highest BCUT2D eigenvalue weighted by atomic mass is 32.1. The lowest BCUT2D eigenvalue weighted by molar-refractivity contribution is 0.127. The number of unbranched alkanes of at least 4 members (excludes halogenated alkanes) is 4. The number of ether oxygens (including phenoxy) is 2. The highest BCUT2D eigenvalue weighted by Gasteiger charge is 2.15. The van der Waals surface area contributed by atoms with E-state index < -0.39 is 0 Å². The summed E-state index contributed by atoms with van der Waals surface area (Å²) >= 11 is 3.92. The number of hydrogen-bond acceptors (Lipinski definition) is 4. The Morgan fingerprint density at radius 2 is 0.800 bits per heavy atom. The number of benzene rings is 6. The molecule has 8 aromatic rings. The molecule has 8 rings (SSSR count). The normalized spacial score (nSPS) is 12.3. The molecule has 0 saturated carbocycles. The number of fused-ring (bicyclic) bond motifs is 9. The fraction of sp³-hybridized carbons (Fsp3) is 0.348. The molecule has 0 amide bonds. The summed E-state index contributed by atoms with van der Waals surface area (Å²) in [6.07, 6.45) is 11.6. The predicted octanol–water partition coefficient (Wildman–Crippen LogP) is 14.2. The maximum Gasteiger partial charge on any atom is 0.0542 e. The predicted molar refractivity (Wildman–Crippen MR) is 222 cm³/mol. The van der Waals surface area contributed by atoms with Gasteiger partial charge >= 0.3 is 0 Å². The lowest BCUT2D eigenvalue weighted by Gasteiger charge is -2.07. The number of rotatable bonds is 16. The van der Waals surface area contributed by atoms with E-state index in [-0.39, 0.29) is 0 Å². The van der Waals surface area contributed by atoms with Gasteiger partial charge in [-0.2, -0.15) is 0 Å². The lowest BCUT2D eigenvalue weighted by atomic mass is 9.99. The molecule has 2 aromatic heterocycles. The van der Waals surface area contributed by atoms with Crippen LogP contribution in [0.5, 0.6) is 0 Å². The molecule has 0 atom stereocenters. The van der Waals surface area contributed by atoms with Gasteiger partial charge in [0.25, 0.3) is 0 Å². The number of hydrogen-bond donors (Lipinski definition) is 0. The highest BCUT2D eigenvalue weighted by Crippen LogP contribution is 2.46. The largest absolute Gasteiger partial charge is 0.381 e. The third-order valence-corrected chi connectivity index (χ3v) is 12.8. The third kappa shape index (κ3) is 7.14. The van der Waals surface area contributed by atoms with Gasteiger partial charge in [-0.05, 0) is 154 Å². The standard InChI is InChI=1S/C46H48O2S2/c1-3-5-17-47-19-9-7-11-31-13-15-33-23-37-27-41-43(29-39(37)25-35(33)21-31)49-46-42-28-38-24-34-16-14-32(12-8-10-20-48-18-6-4-2)22-36(34)26-40(38)30-44(42)50-45(41)46/h13-16,21-30H,3-12,17-20H2,1-2H3. The summed E-state index contributed by atoms with van der Waals surface area (Å²) in [5, 5.41) is 13.4. The molecule has 4 heteroatoms. The number of aryl methyl sites for hydroxylation is 2. The Balaban J connectivity index is 1.04. The maximum atomic E-state index is 5.76. The van der Waals surface area contributed by atoms with Crippen LogP contribution >= 0.6 is 22.7 Å². The quantitative estimate of drug-likeness (QED) is 0.0739. The second kappa shape index (κ2) is 15.4. The Bertz CT molecular complexity index is 2260. The minimum atomic E-state index is 0.881. The van der Waals surface area contributed by atoms with E-state index >= 15 is 0 Å². The molecule has 0 spiro atoms. The Labute approximate surface area is 304 Å². The molecule has 0 unspecified atom stereocenters.